The number of hydrogen-bond donors (Lipinski definition) is 1. The zero-order valence-electron chi connectivity index (χ0n) is 10.7. The standard InChI is InChI=1S/C14H19F2NO/c1-3-10-8-13(10)17-9(2)11-5-4-6-12(7-11)18-14(15)16/h4-7,9-10,13-14,17H,3,8H2,1-2H3. The molecule has 0 saturated heterocycles. The van der Waals surface area contributed by atoms with Crippen LogP contribution in [0.25, 0.3) is 0 Å². The molecule has 100 valence electrons. The van der Waals surface area contributed by atoms with Crippen molar-refractivity contribution in [1.82, 2.24) is 5.32 Å². The van der Waals surface area contributed by atoms with Crippen LogP contribution in [0.1, 0.15) is 38.3 Å². The van der Waals surface area contributed by atoms with Crippen LogP contribution in [-0.2, 0) is 0 Å². The lowest BCUT2D eigenvalue weighted by atomic mass is 10.1. The molecule has 1 saturated carbocycles. The molecule has 3 atom stereocenters. The van der Waals surface area contributed by atoms with E-state index < -0.39 is 6.61 Å². The van der Waals surface area contributed by atoms with Crippen LogP contribution in [0, 0.1) is 5.92 Å². The molecule has 0 amide bonds. The third-order valence-corrected chi connectivity index (χ3v) is 3.49. The molecular weight excluding hydrogens is 236 g/mol. The number of rotatable bonds is 6. The van der Waals surface area contributed by atoms with E-state index in [0.717, 1.165) is 11.5 Å². The molecule has 0 aliphatic heterocycles. The molecule has 1 aliphatic rings. The minimum atomic E-state index is -2.77. The molecule has 1 fully saturated rings. The molecule has 1 aromatic carbocycles. The first-order valence-corrected chi connectivity index (χ1v) is 6.41. The first-order chi connectivity index (χ1) is 8.60. The molecule has 0 heterocycles. The lowest BCUT2D eigenvalue weighted by Gasteiger charge is -2.15. The molecule has 0 bridgehead atoms. The monoisotopic (exact) mass is 255 g/mol. The number of hydrogen-bond acceptors (Lipinski definition) is 2. The average Bonchev–Trinajstić information content (AvgIpc) is 3.07. The summed E-state index contributed by atoms with van der Waals surface area (Å²) >= 11 is 0. The topological polar surface area (TPSA) is 21.3 Å². The SMILES string of the molecule is CCC1CC1NC(C)c1cccc(OC(F)F)c1. The molecular formula is C14H19F2NO. The van der Waals surface area contributed by atoms with Gasteiger partial charge in [0.15, 0.2) is 0 Å². The maximum atomic E-state index is 12.1. The van der Waals surface area contributed by atoms with Crippen molar-refractivity contribution in [3.8, 4) is 5.75 Å². The van der Waals surface area contributed by atoms with E-state index in [1.54, 1.807) is 18.2 Å². The van der Waals surface area contributed by atoms with Gasteiger partial charge in [0.05, 0.1) is 0 Å². The summed E-state index contributed by atoms with van der Waals surface area (Å²) in [6, 6.07) is 7.63. The second kappa shape index (κ2) is 5.65. The average molecular weight is 255 g/mol. The van der Waals surface area contributed by atoms with Gasteiger partial charge >= 0.3 is 6.61 Å². The normalized spacial score (nSPS) is 24.1. The minimum absolute atomic E-state index is 0.160. The highest BCUT2D eigenvalue weighted by atomic mass is 19.3. The quantitative estimate of drug-likeness (QED) is 0.836. The van der Waals surface area contributed by atoms with E-state index in [2.05, 4.69) is 17.0 Å². The molecule has 1 N–H and O–H groups in total. The first kappa shape index (κ1) is 13.3. The molecule has 2 nitrogen and oxygen atoms in total. The highest BCUT2D eigenvalue weighted by molar-refractivity contribution is 5.30. The summed E-state index contributed by atoms with van der Waals surface area (Å²) in [6.45, 7) is 1.47. The summed E-state index contributed by atoms with van der Waals surface area (Å²) in [4.78, 5) is 0. The van der Waals surface area contributed by atoms with Crippen molar-refractivity contribution in [3.63, 3.8) is 0 Å². The molecule has 3 unspecified atom stereocenters. The van der Waals surface area contributed by atoms with Crippen LogP contribution in [0.15, 0.2) is 24.3 Å². The van der Waals surface area contributed by atoms with Crippen molar-refractivity contribution in [2.75, 3.05) is 0 Å². The zero-order chi connectivity index (χ0) is 13.1. The maximum absolute atomic E-state index is 12.1. The van der Waals surface area contributed by atoms with Crippen LogP contribution in [0.3, 0.4) is 0 Å². The number of nitrogens with one attached hydrogen (secondary N) is 1. The number of ether oxygens (including phenoxy) is 1. The van der Waals surface area contributed by atoms with E-state index in [0.29, 0.717) is 6.04 Å². The summed E-state index contributed by atoms with van der Waals surface area (Å²) in [7, 11) is 0. The molecule has 0 aromatic heterocycles. The fourth-order valence-corrected chi connectivity index (χ4v) is 2.28. The van der Waals surface area contributed by atoms with Gasteiger partial charge in [-0.3, -0.25) is 0 Å². The Morgan fingerprint density at radius 1 is 1.44 bits per heavy atom. The Hall–Kier alpha value is -1.16. The number of halogens is 2. The molecule has 2 rings (SSSR count). The van der Waals surface area contributed by atoms with Gasteiger partial charge in [-0.2, -0.15) is 8.78 Å². The van der Waals surface area contributed by atoms with Gasteiger partial charge in [-0.1, -0.05) is 25.5 Å². The maximum Gasteiger partial charge on any atom is 0.387 e. The van der Waals surface area contributed by atoms with Crippen molar-refractivity contribution in [2.45, 2.75) is 45.4 Å². The van der Waals surface area contributed by atoms with Crippen LogP contribution in [0.2, 0.25) is 0 Å². The Balaban J connectivity index is 1.95. The lowest BCUT2D eigenvalue weighted by Crippen LogP contribution is -2.22. The van der Waals surface area contributed by atoms with Gasteiger partial charge in [-0.25, -0.2) is 0 Å². The number of benzene rings is 1. The molecule has 1 aliphatic carbocycles. The predicted molar refractivity (Wildman–Crippen MR) is 66.8 cm³/mol. The van der Waals surface area contributed by atoms with Gasteiger partial charge in [0.1, 0.15) is 5.75 Å². The van der Waals surface area contributed by atoms with E-state index in [1.165, 1.54) is 12.8 Å². The molecule has 4 heteroatoms. The van der Waals surface area contributed by atoms with Crippen molar-refractivity contribution >= 4 is 0 Å². The van der Waals surface area contributed by atoms with Crippen LogP contribution >= 0.6 is 0 Å². The molecule has 18 heavy (non-hydrogen) atoms. The van der Waals surface area contributed by atoms with Crippen molar-refractivity contribution in [2.24, 2.45) is 5.92 Å². The highest BCUT2D eigenvalue weighted by Crippen LogP contribution is 2.35. The Morgan fingerprint density at radius 3 is 2.83 bits per heavy atom. The first-order valence-electron chi connectivity index (χ1n) is 6.41. The van der Waals surface area contributed by atoms with Crippen molar-refractivity contribution in [3.05, 3.63) is 29.8 Å². The van der Waals surface area contributed by atoms with Crippen LogP contribution in [0.4, 0.5) is 8.78 Å². The number of alkyl halides is 2. The van der Waals surface area contributed by atoms with Gasteiger partial charge in [0, 0.05) is 12.1 Å². The highest BCUT2D eigenvalue weighted by Gasteiger charge is 2.35. The van der Waals surface area contributed by atoms with Gasteiger partial charge < -0.3 is 10.1 Å². The van der Waals surface area contributed by atoms with E-state index in [9.17, 15) is 8.78 Å². The summed E-state index contributed by atoms with van der Waals surface area (Å²) in [5.74, 6) is 0.993. The van der Waals surface area contributed by atoms with E-state index in [1.807, 2.05) is 13.0 Å². The Bertz CT molecular complexity index is 397. The molecule has 0 radical (unpaired) electrons. The van der Waals surface area contributed by atoms with Gasteiger partial charge in [0.2, 0.25) is 0 Å². The second-order valence-electron chi connectivity index (χ2n) is 4.85. The Morgan fingerprint density at radius 2 is 2.22 bits per heavy atom. The molecule has 1 aromatic rings. The second-order valence-corrected chi connectivity index (χ2v) is 4.85. The minimum Gasteiger partial charge on any atom is -0.435 e. The summed E-state index contributed by atoms with van der Waals surface area (Å²) < 4.78 is 28.7. The van der Waals surface area contributed by atoms with Gasteiger partial charge in [-0.15, -0.1) is 0 Å². The van der Waals surface area contributed by atoms with Crippen molar-refractivity contribution < 1.29 is 13.5 Å². The lowest BCUT2D eigenvalue weighted by molar-refractivity contribution is -0.0499. The van der Waals surface area contributed by atoms with Crippen molar-refractivity contribution in [1.29, 1.82) is 0 Å². The van der Waals surface area contributed by atoms with Crippen LogP contribution in [-0.4, -0.2) is 12.7 Å². The predicted octanol–water partition coefficient (Wildman–Crippen LogP) is 3.74. The summed E-state index contributed by atoms with van der Waals surface area (Å²) in [5, 5.41) is 3.51. The van der Waals surface area contributed by atoms with E-state index in [4.69, 9.17) is 0 Å². The third-order valence-electron chi connectivity index (χ3n) is 3.49. The Kier molecular flexibility index (Phi) is 4.17. The fourth-order valence-electron chi connectivity index (χ4n) is 2.28. The van der Waals surface area contributed by atoms with Gasteiger partial charge in [0.25, 0.3) is 0 Å². The fraction of sp³-hybridized carbons (Fsp3) is 0.571. The van der Waals surface area contributed by atoms with Crippen LogP contribution < -0.4 is 10.1 Å². The Labute approximate surface area is 106 Å². The zero-order valence-corrected chi connectivity index (χ0v) is 10.7. The van der Waals surface area contributed by atoms with Crippen LogP contribution in [0.5, 0.6) is 5.75 Å². The smallest absolute Gasteiger partial charge is 0.387 e. The molecule has 0 spiro atoms. The summed E-state index contributed by atoms with van der Waals surface area (Å²) in [6.07, 6.45) is 2.41. The summed E-state index contributed by atoms with van der Waals surface area (Å²) in [5.41, 5.74) is 0.981. The largest absolute Gasteiger partial charge is 0.435 e. The third kappa shape index (κ3) is 3.42. The van der Waals surface area contributed by atoms with Gasteiger partial charge in [-0.05, 0) is 37.0 Å². The van der Waals surface area contributed by atoms with E-state index >= 15 is 0 Å². The van der Waals surface area contributed by atoms with E-state index in [-0.39, 0.29) is 11.8 Å².